The van der Waals surface area contributed by atoms with E-state index in [0.717, 1.165) is 18.6 Å². The summed E-state index contributed by atoms with van der Waals surface area (Å²) in [6.45, 7) is 0.176. The Morgan fingerprint density at radius 1 is 1.24 bits per heavy atom. The predicted molar refractivity (Wildman–Crippen MR) is 85.1 cm³/mol. The Bertz CT molecular complexity index is 704. The number of carbonyl (C=O) groups excluding carboxylic acids is 1. The molecule has 2 fully saturated rings. The zero-order valence-electron chi connectivity index (χ0n) is 14.1. The number of nitrogens with zero attached hydrogens (tertiary/aromatic N) is 1. The van der Waals surface area contributed by atoms with Gasteiger partial charge < -0.3 is 14.7 Å². The minimum Gasteiger partial charge on any atom is -0.479 e. The van der Waals surface area contributed by atoms with E-state index in [0.29, 0.717) is 32.2 Å². The van der Waals surface area contributed by atoms with Crippen LogP contribution in [0.1, 0.15) is 37.7 Å². The lowest BCUT2D eigenvalue weighted by molar-refractivity contribution is -0.164. The number of hydrogen-bond donors (Lipinski definition) is 1. The van der Waals surface area contributed by atoms with Gasteiger partial charge in [-0.05, 0) is 31.7 Å². The molecule has 0 radical (unpaired) electrons. The van der Waals surface area contributed by atoms with E-state index in [-0.39, 0.29) is 12.2 Å². The van der Waals surface area contributed by atoms with Gasteiger partial charge in [0.05, 0.1) is 12.0 Å². The molecule has 0 spiro atoms. The van der Waals surface area contributed by atoms with E-state index < -0.39 is 34.5 Å². The average Bonchev–Trinajstić information content (AvgIpc) is 2.93. The van der Waals surface area contributed by atoms with Gasteiger partial charge in [0.2, 0.25) is 5.91 Å². The number of likely N-dealkylation sites (tertiary alicyclic amines) is 1. The Hall–Kier alpha value is -2.02. The third-order valence-electron chi connectivity index (χ3n) is 5.58. The summed E-state index contributed by atoms with van der Waals surface area (Å²) >= 11 is 0. The molecule has 1 unspecified atom stereocenters. The van der Waals surface area contributed by atoms with Gasteiger partial charge in [0.1, 0.15) is 11.6 Å². The van der Waals surface area contributed by atoms with Crippen LogP contribution < -0.4 is 0 Å². The van der Waals surface area contributed by atoms with Crippen LogP contribution in [-0.2, 0) is 19.7 Å². The lowest BCUT2D eigenvalue weighted by atomic mass is 9.63. The molecule has 1 amide bonds. The first-order valence-electron chi connectivity index (χ1n) is 8.37. The Morgan fingerprint density at radius 2 is 1.96 bits per heavy atom. The van der Waals surface area contributed by atoms with Crippen LogP contribution in [-0.4, -0.2) is 47.7 Å². The quantitative estimate of drug-likeness (QED) is 0.883. The van der Waals surface area contributed by atoms with E-state index in [2.05, 4.69) is 0 Å². The first-order valence-corrected chi connectivity index (χ1v) is 8.37. The van der Waals surface area contributed by atoms with Gasteiger partial charge in [-0.1, -0.05) is 12.5 Å². The number of rotatable bonds is 5. The number of carbonyl (C=O) groups is 2. The number of aliphatic carboxylic acids is 1. The van der Waals surface area contributed by atoms with Crippen molar-refractivity contribution >= 4 is 11.9 Å². The van der Waals surface area contributed by atoms with Crippen molar-refractivity contribution in [1.29, 1.82) is 0 Å². The average molecular weight is 353 g/mol. The minimum atomic E-state index is -1.43. The number of methoxy groups -OCH3 is 1. The zero-order valence-corrected chi connectivity index (χ0v) is 14.1. The van der Waals surface area contributed by atoms with Gasteiger partial charge in [-0.3, -0.25) is 4.79 Å². The second kappa shape index (κ2) is 6.37. The molecule has 7 heteroatoms. The monoisotopic (exact) mass is 353 g/mol. The Kier molecular flexibility index (Phi) is 4.53. The molecule has 3 rings (SSSR count). The van der Waals surface area contributed by atoms with Crippen molar-refractivity contribution in [3.05, 3.63) is 35.4 Å². The highest BCUT2D eigenvalue weighted by atomic mass is 19.1. The fraction of sp³-hybridized carbons (Fsp3) is 0.556. The van der Waals surface area contributed by atoms with Crippen LogP contribution in [0.4, 0.5) is 8.78 Å². The van der Waals surface area contributed by atoms with E-state index in [1.165, 1.54) is 18.1 Å². The van der Waals surface area contributed by atoms with Gasteiger partial charge in [-0.15, -0.1) is 0 Å². The normalized spacial score (nSPS) is 24.8. The van der Waals surface area contributed by atoms with Crippen molar-refractivity contribution in [3.8, 4) is 0 Å². The molecule has 25 heavy (non-hydrogen) atoms. The number of benzene rings is 1. The van der Waals surface area contributed by atoms with Crippen molar-refractivity contribution in [2.45, 2.75) is 43.1 Å². The third-order valence-corrected chi connectivity index (χ3v) is 5.58. The van der Waals surface area contributed by atoms with E-state index in [1.54, 1.807) is 0 Å². The van der Waals surface area contributed by atoms with Crippen LogP contribution in [0, 0.1) is 11.6 Å². The molecule has 1 aliphatic carbocycles. The fourth-order valence-corrected chi connectivity index (χ4v) is 4.11. The molecule has 0 aromatic heterocycles. The van der Waals surface area contributed by atoms with Crippen LogP contribution in [0.25, 0.3) is 0 Å². The Labute approximate surface area is 144 Å². The number of carboxylic acid groups (broad SMARTS) is 1. The second-order valence-electron chi connectivity index (χ2n) is 6.89. The molecule has 1 N–H and O–H groups in total. The maximum atomic E-state index is 14.4. The molecule has 0 bridgehead atoms. The van der Waals surface area contributed by atoms with Gasteiger partial charge in [-0.2, -0.15) is 0 Å². The highest BCUT2D eigenvalue weighted by molar-refractivity contribution is 5.94. The first kappa shape index (κ1) is 17.8. The molecule has 1 atom stereocenters. The van der Waals surface area contributed by atoms with E-state index in [9.17, 15) is 23.5 Å². The minimum absolute atomic E-state index is 0.115. The summed E-state index contributed by atoms with van der Waals surface area (Å²) in [7, 11) is 1.39. The van der Waals surface area contributed by atoms with Crippen molar-refractivity contribution in [2.24, 2.45) is 0 Å². The van der Waals surface area contributed by atoms with Crippen LogP contribution >= 0.6 is 0 Å². The number of amides is 1. The SMILES string of the molecule is COCC1(C(=O)O)CCCN1C(=O)C1(c2ccc(F)cc2F)CCC1. The maximum absolute atomic E-state index is 14.4. The van der Waals surface area contributed by atoms with E-state index in [1.807, 2.05) is 0 Å². The second-order valence-corrected chi connectivity index (χ2v) is 6.89. The van der Waals surface area contributed by atoms with Gasteiger partial charge >= 0.3 is 5.97 Å². The van der Waals surface area contributed by atoms with Gasteiger partial charge in [0, 0.05) is 25.3 Å². The summed E-state index contributed by atoms with van der Waals surface area (Å²) in [5.41, 5.74) is -2.39. The van der Waals surface area contributed by atoms with Gasteiger partial charge in [0.25, 0.3) is 0 Å². The van der Waals surface area contributed by atoms with Crippen molar-refractivity contribution in [3.63, 3.8) is 0 Å². The topological polar surface area (TPSA) is 66.8 Å². The van der Waals surface area contributed by atoms with E-state index in [4.69, 9.17) is 4.74 Å². The lowest BCUT2D eigenvalue weighted by Gasteiger charge is -2.46. The van der Waals surface area contributed by atoms with Gasteiger partial charge in [-0.25, -0.2) is 13.6 Å². The summed E-state index contributed by atoms with van der Waals surface area (Å²) in [5, 5.41) is 9.73. The lowest BCUT2D eigenvalue weighted by Crippen LogP contribution is -2.62. The van der Waals surface area contributed by atoms with Crippen molar-refractivity contribution in [2.75, 3.05) is 20.3 Å². The molecule has 1 aliphatic heterocycles. The fourth-order valence-electron chi connectivity index (χ4n) is 4.11. The molecule has 5 nitrogen and oxygen atoms in total. The molecule has 1 aromatic rings. The first-order chi connectivity index (χ1) is 11.9. The molecule has 1 aromatic carbocycles. The van der Waals surface area contributed by atoms with Crippen LogP contribution in [0.5, 0.6) is 0 Å². The smallest absolute Gasteiger partial charge is 0.332 e. The summed E-state index contributed by atoms with van der Waals surface area (Å²) in [5.74, 6) is -2.99. The number of carboxylic acids is 1. The Morgan fingerprint density at radius 3 is 2.48 bits per heavy atom. The molecule has 1 saturated heterocycles. The molecular weight excluding hydrogens is 332 g/mol. The van der Waals surface area contributed by atoms with Crippen molar-refractivity contribution in [1.82, 2.24) is 4.90 Å². The highest BCUT2D eigenvalue weighted by Gasteiger charge is 2.57. The number of hydrogen-bond acceptors (Lipinski definition) is 3. The summed E-state index contributed by atoms with van der Waals surface area (Å²) in [6.07, 6.45) is 2.43. The van der Waals surface area contributed by atoms with Crippen LogP contribution in [0.15, 0.2) is 18.2 Å². The standard InChI is InChI=1S/C18H21F2NO4/c1-25-11-18(16(23)24)8-3-9-21(18)15(22)17(6-2-7-17)13-5-4-12(19)10-14(13)20/h4-5,10H,2-3,6-9,11H2,1H3,(H,23,24). The maximum Gasteiger partial charge on any atom is 0.332 e. The van der Waals surface area contributed by atoms with Gasteiger partial charge in [0.15, 0.2) is 5.54 Å². The summed E-state index contributed by atoms with van der Waals surface area (Å²) < 4.78 is 32.7. The van der Waals surface area contributed by atoms with Crippen molar-refractivity contribution < 1.29 is 28.2 Å². The largest absolute Gasteiger partial charge is 0.479 e. The molecule has 2 aliphatic rings. The molecule has 136 valence electrons. The summed E-state index contributed by atoms with van der Waals surface area (Å²) in [6, 6.07) is 3.21. The highest BCUT2D eigenvalue weighted by Crippen LogP contribution is 2.48. The number of ether oxygens (including phenoxy) is 1. The third kappa shape index (κ3) is 2.61. The number of halogens is 2. The van der Waals surface area contributed by atoms with E-state index >= 15 is 0 Å². The molecule has 1 saturated carbocycles. The van der Waals surface area contributed by atoms with Crippen LogP contribution in [0.2, 0.25) is 0 Å². The summed E-state index contributed by atoms with van der Waals surface area (Å²) in [4.78, 5) is 26.6. The zero-order chi connectivity index (χ0) is 18.2. The Balaban J connectivity index is 2.01. The molecular formula is C18H21F2NO4. The van der Waals surface area contributed by atoms with Crippen LogP contribution in [0.3, 0.4) is 0 Å². The molecule has 1 heterocycles. The predicted octanol–water partition coefficient (Wildman–Crippen LogP) is 2.48.